The van der Waals surface area contributed by atoms with Crippen molar-refractivity contribution in [2.45, 2.75) is 11.7 Å². The predicted molar refractivity (Wildman–Crippen MR) is 88.1 cm³/mol. The number of quaternary nitrogens is 1. The molecule has 0 saturated carbocycles. The number of hydrogen-bond acceptors (Lipinski definition) is 5. The third-order valence-corrected chi connectivity index (χ3v) is 4.81. The summed E-state index contributed by atoms with van der Waals surface area (Å²) in [7, 11) is 0. The first kappa shape index (κ1) is 16.9. The van der Waals surface area contributed by atoms with E-state index < -0.39 is 0 Å². The van der Waals surface area contributed by atoms with Crippen LogP contribution in [0.3, 0.4) is 0 Å². The molecule has 0 radical (unpaired) electrons. The minimum Gasteiger partial charge on any atom is -0.370 e. The lowest BCUT2D eigenvalue weighted by molar-refractivity contribution is -0.908. The average Bonchev–Trinajstić information content (AvgIpc) is 3.02. The van der Waals surface area contributed by atoms with Crippen LogP contribution in [0.2, 0.25) is 0 Å². The Balaban J connectivity index is 1.81. The molecule has 1 saturated heterocycles. The molecule has 6 nitrogen and oxygen atoms in total. The number of aromatic nitrogens is 3. The maximum absolute atomic E-state index is 13.2. The second kappa shape index (κ2) is 8.24. The van der Waals surface area contributed by atoms with Gasteiger partial charge in [0.2, 0.25) is 0 Å². The van der Waals surface area contributed by atoms with Crippen molar-refractivity contribution in [3.63, 3.8) is 0 Å². The Morgan fingerprint density at radius 3 is 2.71 bits per heavy atom. The first-order valence-electron chi connectivity index (χ1n) is 7.88. The van der Waals surface area contributed by atoms with Gasteiger partial charge in [-0.25, -0.2) is 4.39 Å². The molecule has 0 aliphatic carbocycles. The number of nitrogens with zero attached hydrogens (tertiary/aromatic N) is 4. The third-order valence-electron chi connectivity index (χ3n) is 3.97. The highest BCUT2D eigenvalue weighted by Gasteiger charge is 2.18. The fourth-order valence-corrected chi connectivity index (χ4v) is 3.31. The molecule has 0 unspecified atom stereocenters. The zero-order valence-corrected chi connectivity index (χ0v) is 14.1. The molecule has 1 aromatic heterocycles. The van der Waals surface area contributed by atoms with E-state index in [1.165, 1.54) is 28.8 Å². The van der Waals surface area contributed by atoms with Gasteiger partial charge in [0.25, 0.3) is 0 Å². The van der Waals surface area contributed by atoms with Crippen LogP contribution in [0.15, 0.2) is 29.4 Å². The van der Waals surface area contributed by atoms with E-state index >= 15 is 0 Å². The summed E-state index contributed by atoms with van der Waals surface area (Å²) in [6.07, 6.45) is 0. The summed E-state index contributed by atoms with van der Waals surface area (Å²) in [4.78, 5) is 1.48. The van der Waals surface area contributed by atoms with Crippen molar-refractivity contribution in [1.29, 1.82) is 5.26 Å². The van der Waals surface area contributed by atoms with E-state index in [0.717, 1.165) is 50.1 Å². The van der Waals surface area contributed by atoms with Crippen LogP contribution in [0.4, 0.5) is 4.39 Å². The molecule has 126 valence electrons. The Bertz CT molecular complexity index is 706. The lowest BCUT2D eigenvalue weighted by Crippen LogP contribution is -3.14. The molecule has 0 spiro atoms. The highest BCUT2D eigenvalue weighted by atomic mass is 32.2. The highest BCUT2D eigenvalue weighted by Crippen LogP contribution is 2.23. The molecule has 1 aliphatic heterocycles. The monoisotopic (exact) mass is 348 g/mol. The van der Waals surface area contributed by atoms with Crippen LogP contribution in [0, 0.1) is 17.1 Å². The molecule has 8 heteroatoms. The quantitative estimate of drug-likeness (QED) is 0.775. The Kier molecular flexibility index (Phi) is 5.80. The van der Waals surface area contributed by atoms with Crippen molar-refractivity contribution in [2.24, 2.45) is 0 Å². The fraction of sp³-hybridized carbons (Fsp3) is 0.438. The summed E-state index contributed by atoms with van der Waals surface area (Å²) in [6, 6.07) is 8.37. The summed E-state index contributed by atoms with van der Waals surface area (Å²) in [5.74, 6) is 0.760. The number of nitrogens with one attached hydrogen (secondary N) is 1. The summed E-state index contributed by atoms with van der Waals surface area (Å²) in [5.41, 5.74) is 0.824. The van der Waals surface area contributed by atoms with Gasteiger partial charge in [-0.2, -0.15) is 5.26 Å². The Morgan fingerprint density at radius 1 is 1.25 bits per heavy atom. The summed E-state index contributed by atoms with van der Waals surface area (Å²) in [5, 5.41) is 18.0. The number of benzene rings is 1. The molecule has 1 aliphatic rings. The first-order valence-corrected chi connectivity index (χ1v) is 8.86. The number of ether oxygens (including phenoxy) is 1. The van der Waals surface area contributed by atoms with Crippen molar-refractivity contribution in [3.8, 4) is 17.5 Å². The number of thioether (sulfide) groups is 1. The van der Waals surface area contributed by atoms with E-state index in [-0.39, 0.29) is 5.82 Å². The van der Waals surface area contributed by atoms with Gasteiger partial charge in [0.05, 0.1) is 38.1 Å². The molecule has 0 atom stereocenters. The first-order chi connectivity index (χ1) is 11.8. The van der Waals surface area contributed by atoms with Crippen molar-refractivity contribution in [1.82, 2.24) is 14.8 Å². The van der Waals surface area contributed by atoms with E-state index in [9.17, 15) is 4.39 Å². The molecule has 2 aromatic rings. The van der Waals surface area contributed by atoms with Crippen LogP contribution in [0.25, 0.3) is 11.4 Å². The van der Waals surface area contributed by atoms with Gasteiger partial charge in [-0.15, -0.1) is 10.2 Å². The van der Waals surface area contributed by atoms with E-state index in [4.69, 9.17) is 10.00 Å². The average molecular weight is 348 g/mol. The topological polar surface area (TPSA) is 68.2 Å². The number of rotatable bonds is 6. The summed E-state index contributed by atoms with van der Waals surface area (Å²) < 4.78 is 20.6. The molecule has 1 N–H and O–H groups in total. The minimum atomic E-state index is -0.276. The molecular formula is C16H19FN5OS+. The van der Waals surface area contributed by atoms with Gasteiger partial charge in [-0.05, 0) is 24.3 Å². The second-order valence-corrected chi connectivity index (χ2v) is 6.47. The minimum absolute atomic E-state index is 0.276. The van der Waals surface area contributed by atoms with E-state index in [1.54, 1.807) is 12.1 Å². The van der Waals surface area contributed by atoms with E-state index in [0.29, 0.717) is 11.6 Å². The van der Waals surface area contributed by atoms with Crippen LogP contribution in [0.1, 0.15) is 0 Å². The fourth-order valence-electron chi connectivity index (χ4n) is 2.69. The lowest BCUT2D eigenvalue weighted by atomic mass is 10.2. The Hall–Kier alpha value is -1.95. The van der Waals surface area contributed by atoms with Crippen LogP contribution < -0.4 is 4.90 Å². The number of halogens is 1. The highest BCUT2D eigenvalue weighted by molar-refractivity contribution is 7.99. The number of morpholine rings is 1. The van der Waals surface area contributed by atoms with Crippen molar-refractivity contribution < 1.29 is 14.0 Å². The maximum atomic E-state index is 13.2. The molecular weight excluding hydrogens is 329 g/mol. The normalized spacial score (nSPS) is 15.3. The van der Waals surface area contributed by atoms with Crippen LogP contribution >= 0.6 is 11.8 Å². The van der Waals surface area contributed by atoms with Crippen molar-refractivity contribution in [2.75, 3.05) is 38.6 Å². The van der Waals surface area contributed by atoms with Crippen molar-refractivity contribution >= 4 is 11.8 Å². The SMILES string of the molecule is N#CCSc1nnc(-c2ccc(F)cc2)n1CC[NH+]1CCOCC1. The predicted octanol–water partition coefficient (Wildman–Crippen LogP) is 0.615. The van der Waals surface area contributed by atoms with Gasteiger partial charge in [0, 0.05) is 5.56 Å². The second-order valence-electron chi connectivity index (χ2n) is 5.52. The Labute approximate surface area is 144 Å². The van der Waals surface area contributed by atoms with Gasteiger partial charge < -0.3 is 9.64 Å². The zero-order chi connectivity index (χ0) is 16.8. The van der Waals surface area contributed by atoms with Gasteiger partial charge in [-0.1, -0.05) is 11.8 Å². The van der Waals surface area contributed by atoms with Crippen LogP contribution in [-0.2, 0) is 11.3 Å². The van der Waals surface area contributed by atoms with Gasteiger partial charge in [-0.3, -0.25) is 4.57 Å². The molecule has 2 heterocycles. The smallest absolute Gasteiger partial charge is 0.192 e. The molecule has 24 heavy (non-hydrogen) atoms. The maximum Gasteiger partial charge on any atom is 0.192 e. The van der Waals surface area contributed by atoms with Gasteiger partial charge in [0.15, 0.2) is 11.0 Å². The largest absolute Gasteiger partial charge is 0.370 e. The van der Waals surface area contributed by atoms with Crippen LogP contribution in [0.5, 0.6) is 0 Å². The van der Waals surface area contributed by atoms with Gasteiger partial charge >= 0.3 is 0 Å². The van der Waals surface area contributed by atoms with E-state index in [2.05, 4.69) is 16.3 Å². The van der Waals surface area contributed by atoms with Crippen LogP contribution in [-0.4, -0.2) is 53.4 Å². The summed E-state index contributed by atoms with van der Waals surface area (Å²) in [6.45, 7) is 5.26. The molecule has 0 bridgehead atoms. The number of hydrogen-bond donors (Lipinski definition) is 1. The molecule has 3 rings (SSSR count). The molecule has 1 aromatic carbocycles. The molecule has 1 fully saturated rings. The molecule has 0 amide bonds. The van der Waals surface area contributed by atoms with Crippen molar-refractivity contribution in [3.05, 3.63) is 30.1 Å². The Morgan fingerprint density at radius 2 is 2.00 bits per heavy atom. The standard InChI is InChI=1S/C16H18FN5OS/c17-14-3-1-13(2-4-14)15-19-20-16(24-12-5-18)22(15)7-6-21-8-10-23-11-9-21/h1-4H,6-12H2/p+1. The summed E-state index contributed by atoms with van der Waals surface area (Å²) >= 11 is 1.37. The lowest BCUT2D eigenvalue weighted by Gasteiger charge is -2.24. The van der Waals surface area contributed by atoms with Gasteiger partial charge in [0.1, 0.15) is 18.9 Å². The van der Waals surface area contributed by atoms with E-state index in [1.807, 2.05) is 4.57 Å². The third kappa shape index (κ3) is 4.12. The zero-order valence-electron chi connectivity index (χ0n) is 13.2. The number of nitriles is 1.